The topological polar surface area (TPSA) is 81.8 Å². The molecule has 2 N–H and O–H groups in total. The minimum atomic E-state index is -4.51. The molecule has 1 aromatic rings. The van der Waals surface area contributed by atoms with Gasteiger partial charge in [-0.3, -0.25) is 9.69 Å². The van der Waals surface area contributed by atoms with Crippen molar-refractivity contribution in [2.75, 3.05) is 52.9 Å². The van der Waals surface area contributed by atoms with Gasteiger partial charge in [-0.1, -0.05) is 0 Å². The number of sulfonamides is 1. The van der Waals surface area contributed by atoms with Crippen LogP contribution < -0.4 is 10.0 Å². The van der Waals surface area contributed by atoms with Crippen LogP contribution >= 0.6 is 0 Å². The van der Waals surface area contributed by atoms with E-state index >= 15 is 0 Å². The fourth-order valence-electron chi connectivity index (χ4n) is 2.56. The van der Waals surface area contributed by atoms with Crippen LogP contribution in [0.5, 0.6) is 0 Å². The monoisotopic (exact) mass is 408 g/mol. The van der Waals surface area contributed by atoms with Crippen LogP contribution in [-0.4, -0.2) is 83.2 Å². The van der Waals surface area contributed by atoms with Crippen LogP contribution in [0.25, 0.3) is 0 Å². The van der Waals surface area contributed by atoms with Gasteiger partial charge in [0.1, 0.15) is 6.54 Å². The highest BCUT2D eigenvalue weighted by Crippen LogP contribution is 2.14. The number of carbonyl (C=O) groups is 1. The summed E-state index contributed by atoms with van der Waals surface area (Å²) in [7, 11) is -1.71. The number of rotatable bonds is 7. The number of hydrogen-bond acceptors (Lipinski definition) is 5. The molecule has 1 heterocycles. The first-order valence-electron chi connectivity index (χ1n) is 8.42. The number of benzene rings is 1. The van der Waals surface area contributed by atoms with Gasteiger partial charge in [0.2, 0.25) is 10.0 Å². The van der Waals surface area contributed by atoms with Crippen LogP contribution in [0, 0.1) is 0 Å². The third-order valence-corrected chi connectivity index (χ3v) is 5.67. The maximum Gasteiger partial charge on any atom is 0.405 e. The molecule has 0 aliphatic carbocycles. The van der Waals surface area contributed by atoms with Crippen LogP contribution in [0.4, 0.5) is 13.2 Å². The molecule has 27 heavy (non-hydrogen) atoms. The lowest BCUT2D eigenvalue weighted by atomic mass is 10.2. The molecule has 1 fully saturated rings. The van der Waals surface area contributed by atoms with Gasteiger partial charge in [-0.05, 0) is 31.3 Å². The van der Waals surface area contributed by atoms with Gasteiger partial charge < -0.3 is 10.2 Å². The molecule has 7 nitrogen and oxygen atoms in total. The fraction of sp³-hybridized carbons (Fsp3) is 0.562. The Bertz CT molecular complexity index is 730. The molecule has 11 heteroatoms. The maximum absolute atomic E-state index is 12.3. The number of halogens is 3. The number of hydrogen-bond donors (Lipinski definition) is 2. The lowest BCUT2D eigenvalue weighted by Crippen LogP contribution is -2.46. The van der Waals surface area contributed by atoms with E-state index in [2.05, 4.69) is 14.5 Å². The van der Waals surface area contributed by atoms with Gasteiger partial charge in [-0.15, -0.1) is 0 Å². The van der Waals surface area contributed by atoms with Crippen molar-refractivity contribution in [3.05, 3.63) is 29.8 Å². The molecule has 0 saturated carbocycles. The maximum atomic E-state index is 12.3. The van der Waals surface area contributed by atoms with Crippen molar-refractivity contribution in [3.63, 3.8) is 0 Å². The summed E-state index contributed by atoms with van der Waals surface area (Å²) in [6.45, 7) is 3.01. The van der Waals surface area contributed by atoms with Crippen molar-refractivity contribution < 1.29 is 26.4 Å². The lowest BCUT2D eigenvalue weighted by Gasteiger charge is -2.32. The highest BCUT2D eigenvalue weighted by atomic mass is 32.2. The van der Waals surface area contributed by atoms with Gasteiger partial charge in [-0.25, -0.2) is 13.1 Å². The molecule has 1 amide bonds. The summed E-state index contributed by atoms with van der Waals surface area (Å²) in [5, 5.41) is 1.73. The SMILES string of the molecule is CN1CCN(CCNS(=O)(=O)c2ccc(C(=O)NCC(F)(F)F)cc2)CC1. The van der Waals surface area contributed by atoms with Crippen molar-refractivity contribution in [3.8, 4) is 0 Å². The zero-order chi connectivity index (χ0) is 20.1. The molecule has 1 saturated heterocycles. The molecular formula is C16H23F3N4O3S. The fourth-order valence-corrected chi connectivity index (χ4v) is 3.58. The summed E-state index contributed by atoms with van der Waals surface area (Å²) in [5.41, 5.74) is -0.0457. The third kappa shape index (κ3) is 7.09. The summed E-state index contributed by atoms with van der Waals surface area (Å²) in [6, 6.07) is 4.75. The first kappa shape index (κ1) is 21.6. The molecular weight excluding hydrogens is 385 g/mol. The second kappa shape index (κ2) is 9.00. The Balaban J connectivity index is 1.86. The Morgan fingerprint density at radius 2 is 1.70 bits per heavy atom. The van der Waals surface area contributed by atoms with Crippen molar-refractivity contribution in [2.45, 2.75) is 11.1 Å². The highest BCUT2D eigenvalue weighted by Gasteiger charge is 2.28. The van der Waals surface area contributed by atoms with Gasteiger partial charge in [0.15, 0.2) is 0 Å². The van der Waals surface area contributed by atoms with E-state index in [9.17, 15) is 26.4 Å². The smallest absolute Gasteiger partial charge is 0.343 e. The van der Waals surface area contributed by atoms with Gasteiger partial charge in [0.05, 0.1) is 4.90 Å². The molecule has 0 radical (unpaired) electrons. The largest absolute Gasteiger partial charge is 0.405 e. The summed E-state index contributed by atoms with van der Waals surface area (Å²) in [4.78, 5) is 16.0. The minimum absolute atomic E-state index is 0.0457. The molecule has 1 aromatic carbocycles. The van der Waals surface area contributed by atoms with Gasteiger partial charge in [-0.2, -0.15) is 13.2 Å². The Morgan fingerprint density at radius 3 is 2.26 bits per heavy atom. The van der Waals surface area contributed by atoms with Crippen molar-refractivity contribution in [1.29, 1.82) is 0 Å². The molecule has 1 aliphatic heterocycles. The van der Waals surface area contributed by atoms with Crippen LogP contribution in [0.1, 0.15) is 10.4 Å². The quantitative estimate of drug-likeness (QED) is 0.687. The van der Waals surface area contributed by atoms with E-state index < -0.39 is 28.7 Å². The average molecular weight is 408 g/mol. The van der Waals surface area contributed by atoms with E-state index in [-0.39, 0.29) is 17.0 Å². The number of alkyl halides is 3. The Morgan fingerprint density at radius 1 is 1.11 bits per heavy atom. The van der Waals surface area contributed by atoms with E-state index in [1.807, 2.05) is 7.05 Å². The van der Waals surface area contributed by atoms with Crippen LogP contribution in [0.15, 0.2) is 29.2 Å². The summed E-state index contributed by atoms with van der Waals surface area (Å²) >= 11 is 0. The van der Waals surface area contributed by atoms with Gasteiger partial charge >= 0.3 is 6.18 Å². The van der Waals surface area contributed by atoms with Crippen molar-refractivity contribution in [2.24, 2.45) is 0 Å². The van der Waals surface area contributed by atoms with E-state index in [1.165, 1.54) is 24.3 Å². The first-order chi connectivity index (χ1) is 12.6. The first-order valence-corrected chi connectivity index (χ1v) is 9.91. The Kier molecular flexibility index (Phi) is 7.20. The van der Waals surface area contributed by atoms with Gasteiger partial charge in [0.25, 0.3) is 5.91 Å². The zero-order valence-electron chi connectivity index (χ0n) is 14.9. The minimum Gasteiger partial charge on any atom is -0.343 e. The molecule has 0 aromatic heterocycles. The standard InChI is InChI=1S/C16H23F3N4O3S/c1-22-8-10-23(11-9-22)7-6-21-27(25,26)14-4-2-13(3-5-14)15(24)20-12-16(17,18)19/h2-5,21H,6-12H2,1H3,(H,20,24). The second-order valence-electron chi connectivity index (χ2n) is 6.36. The highest BCUT2D eigenvalue weighted by molar-refractivity contribution is 7.89. The number of nitrogens with one attached hydrogen (secondary N) is 2. The van der Waals surface area contributed by atoms with Crippen molar-refractivity contribution >= 4 is 15.9 Å². The Hall–Kier alpha value is -1.69. The van der Waals surface area contributed by atoms with Crippen molar-refractivity contribution in [1.82, 2.24) is 19.8 Å². The van der Waals surface area contributed by atoms with Crippen LogP contribution in [-0.2, 0) is 10.0 Å². The number of amides is 1. The Labute approximate surface area is 156 Å². The van der Waals surface area contributed by atoms with E-state index in [0.29, 0.717) is 6.54 Å². The van der Waals surface area contributed by atoms with Crippen LogP contribution in [0.2, 0.25) is 0 Å². The number of likely N-dealkylation sites (N-methyl/N-ethyl adjacent to an activating group) is 1. The normalized spacial score (nSPS) is 17.0. The van der Waals surface area contributed by atoms with E-state index in [4.69, 9.17) is 0 Å². The molecule has 0 atom stereocenters. The van der Waals surface area contributed by atoms with Gasteiger partial charge in [0, 0.05) is 44.8 Å². The zero-order valence-corrected chi connectivity index (χ0v) is 15.7. The summed E-state index contributed by atoms with van der Waals surface area (Å²) in [6.07, 6.45) is -4.51. The number of nitrogens with zero attached hydrogens (tertiary/aromatic N) is 2. The summed E-state index contributed by atoms with van der Waals surface area (Å²) in [5.74, 6) is -0.917. The van der Waals surface area contributed by atoms with Crippen LogP contribution in [0.3, 0.4) is 0 Å². The lowest BCUT2D eigenvalue weighted by molar-refractivity contribution is -0.123. The second-order valence-corrected chi connectivity index (χ2v) is 8.13. The average Bonchev–Trinajstić information content (AvgIpc) is 2.61. The number of carbonyl (C=O) groups excluding carboxylic acids is 1. The molecule has 0 unspecified atom stereocenters. The molecule has 1 aliphatic rings. The third-order valence-electron chi connectivity index (χ3n) is 4.19. The number of piperazine rings is 1. The van der Waals surface area contributed by atoms with E-state index in [0.717, 1.165) is 26.2 Å². The molecule has 152 valence electrons. The summed E-state index contributed by atoms with van der Waals surface area (Å²) < 4.78 is 63.4. The molecule has 2 rings (SSSR count). The predicted octanol–water partition coefficient (Wildman–Crippen LogP) is 0.504. The molecule has 0 bridgehead atoms. The van der Waals surface area contributed by atoms with E-state index in [1.54, 1.807) is 5.32 Å². The predicted molar refractivity (Wildman–Crippen MR) is 94.0 cm³/mol. The molecule has 0 spiro atoms.